The summed E-state index contributed by atoms with van der Waals surface area (Å²) in [4.78, 5) is 13.6. The van der Waals surface area contributed by atoms with Crippen LogP contribution in [0.3, 0.4) is 0 Å². The SMILES string of the molecule is CCC(Cl)C(=O)N1CCCC(C)C1. The maximum Gasteiger partial charge on any atom is 0.240 e. The highest BCUT2D eigenvalue weighted by molar-refractivity contribution is 6.30. The summed E-state index contributed by atoms with van der Waals surface area (Å²) in [6.45, 7) is 5.92. The van der Waals surface area contributed by atoms with E-state index in [2.05, 4.69) is 6.92 Å². The quantitative estimate of drug-likeness (QED) is 0.631. The zero-order chi connectivity index (χ0) is 9.84. The lowest BCUT2D eigenvalue weighted by molar-refractivity contribution is -0.132. The van der Waals surface area contributed by atoms with Crippen molar-refractivity contribution in [2.24, 2.45) is 5.92 Å². The minimum atomic E-state index is -0.315. The van der Waals surface area contributed by atoms with Crippen LogP contribution in [0.1, 0.15) is 33.1 Å². The van der Waals surface area contributed by atoms with Gasteiger partial charge in [0.25, 0.3) is 0 Å². The Labute approximate surface area is 85.2 Å². The number of halogens is 1. The second-order valence-corrected chi connectivity index (χ2v) is 4.43. The highest BCUT2D eigenvalue weighted by atomic mass is 35.5. The van der Waals surface area contributed by atoms with Crippen LogP contribution in [-0.2, 0) is 4.79 Å². The van der Waals surface area contributed by atoms with E-state index in [1.54, 1.807) is 0 Å². The molecule has 0 aromatic rings. The van der Waals surface area contributed by atoms with E-state index in [1.807, 2.05) is 11.8 Å². The number of hydrogen-bond acceptors (Lipinski definition) is 1. The minimum Gasteiger partial charge on any atom is -0.341 e. The van der Waals surface area contributed by atoms with E-state index in [0.717, 1.165) is 25.9 Å². The van der Waals surface area contributed by atoms with Gasteiger partial charge in [-0.25, -0.2) is 0 Å². The Morgan fingerprint density at radius 2 is 2.38 bits per heavy atom. The molecule has 0 saturated carbocycles. The summed E-state index contributed by atoms with van der Waals surface area (Å²) < 4.78 is 0. The van der Waals surface area contributed by atoms with Crippen molar-refractivity contribution in [3.63, 3.8) is 0 Å². The molecule has 1 aliphatic heterocycles. The van der Waals surface area contributed by atoms with Crippen molar-refractivity contribution in [3.05, 3.63) is 0 Å². The highest BCUT2D eigenvalue weighted by Gasteiger charge is 2.24. The third kappa shape index (κ3) is 2.87. The lowest BCUT2D eigenvalue weighted by Gasteiger charge is -2.32. The minimum absolute atomic E-state index is 0.121. The maximum atomic E-state index is 11.7. The van der Waals surface area contributed by atoms with Gasteiger partial charge in [-0.15, -0.1) is 11.6 Å². The van der Waals surface area contributed by atoms with Gasteiger partial charge in [0.05, 0.1) is 0 Å². The van der Waals surface area contributed by atoms with Gasteiger partial charge in [0.15, 0.2) is 0 Å². The number of rotatable bonds is 2. The van der Waals surface area contributed by atoms with Gasteiger partial charge in [0, 0.05) is 13.1 Å². The molecule has 0 aliphatic carbocycles. The van der Waals surface area contributed by atoms with Crippen LogP contribution in [0.15, 0.2) is 0 Å². The number of amides is 1. The predicted molar refractivity (Wildman–Crippen MR) is 54.9 cm³/mol. The molecule has 1 aliphatic rings. The van der Waals surface area contributed by atoms with Gasteiger partial charge in [-0.1, -0.05) is 13.8 Å². The van der Waals surface area contributed by atoms with Gasteiger partial charge in [0.1, 0.15) is 5.38 Å². The standard InChI is InChI=1S/C10H18ClNO/c1-3-9(11)10(13)12-6-4-5-8(2)7-12/h8-9H,3-7H2,1-2H3. The van der Waals surface area contributed by atoms with Gasteiger partial charge >= 0.3 is 0 Å². The fraction of sp³-hybridized carbons (Fsp3) is 0.900. The summed E-state index contributed by atoms with van der Waals surface area (Å²) in [7, 11) is 0. The topological polar surface area (TPSA) is 20.3 Å². The average Bonchev–Trinajstić information content (AvgIpc) is 2.15. The fourth-order valence-electron chi connectivity index (χ4n) is 1.76. The number of nitrogens with zero attached hydrogens (tertiary/aromatic N) is 1. The predicted octanol–water partition coefficient (Wildman–Crippen LogP) is 2.26. The number of hydrogen-bond donors (Lipinski definition) is 0. The van der Waals surface area contributed by atoms with E-state index in [-0.39, 0.29) is 11.3 Å². The monoisotopic (exact) mass is 203 g/mol. The molecule has 1 amide bonds. The molecule has 0 aromatic carbocycles. The summed E-state index contributed by atoms with van der Waals surface area (Å²) in [5.74, 6) is 0.758. The second kappa shape index (κ2) is 4.85. The largest absolute Gasteiger partial charge is 0.341 e. The molecule has 1 fully saturated rings. The van der Waals surface area contributed by atoms with Gasteiger partial charge in [-0.05, 0) is 25.2 Å². The molecule has 3 heteroatoms. The van der Waals surface area contributed by atoms with Crippen molar-refractivity contribution in [1.29, 1.82) is 0 Å². The summed E-state index contributed by atoms with van der Waals surface area (Å²) in [5, 5.41) is -0.315. The zero-order valence-electron chi connectivity index (χ0n) is 8.42. The molecule has 1 saturated heterocycles. The molecular formula is C10H18ClNO. The van der Waals surface area contributed by atoms with Gasteiger partial charge < -0.3 is 4.90 Å². The highest BCUT2D eigenvalue weighted by Crippen LogP contribution is 2.18. The van der Waals surface area contributed by atoms with Crippen LogP contribution in [-0.4, -0.2) is 29.3 Å². The van der Waals surface area contributed by atoms with Crippen LogP contribution in [0.4, 0.5) is 0 Å². The third-order valence-corrected chi connectivity index (χ3v) is 3.09. The van der Waals surface area contributed by atoms with Crippen molar-refractivity contribution in [3.8, 4) is 0 Å². The normalized spacial score (nSPS) is 25.8. The van der Waals surface area contributed by atoms with E-state index in [9.17, 15) is 4.79 Å². The third-order valence-electron chi connectivity index (χ3n) is 2.60. The molecule has 13 heavy (non-hydrogen) atoms. The fourth-order valence-corrected chi connectivity index (χ4v) is 1.90. The molecule has 0 aromatic heterocycles. The van der Waals surface area contributed by atoms with Crippen molar-refractivity contribution < 1.29 is 4.79 Å². The number of carbonyl (C=O) groups is 1. The molecule has 0 radical (unpaired) electrons. The number of carbonyl (C=O) groups excluding carboxylic acids is 1. The molecule has 2 atom stereocenters. The molecule has 2 nitrogen and oxygen atoms in total. The Kier molecular flexibility index (Phi) is 4.04. The Morgan fingerprint density at radius 3 is 2.92 bits per heavy atom. The molecule has 1 rings (SSSR count). The molecule has 1 heterocycles. The van der Waals surface area contributed by atoms with E-state index in [0.29, 0.717) is 5.92 Å². The first kappa shape index (κ1) is 10.8. The molecule has 0 spiro atoms. The van der Waals surface area contributed by atoms with E-state index >= 15 is 0 Å². The van der Waals surface area contributed by atoms with E-state index in [4.69, 9.17) is 11.6 Å². The molecule has 0 bridgehead atoms. The molecule has 76 valence electrons. The first-order chi connectivity index (χ1) is 6.15. The molecular weight excluding hydrogens is 186 g/mol. The Bertz CT molecular complexity index is 184. The lowest BCUT2D eigenvalue weighted by atomic mass is 10.00. The summed E-state index contributed by atoms with van der Waals surface area (Å²) in [6.07, 6.45) is 3.09. The van der Waals surface area contributed by atoms with Crippen molar-refractivity contribution in [2.45, 2.75) is 38.5 Å². The summed E-state index contributed by atoms with van der Waals surface area (Å²) in [5.41, 5.74) is 0. The maximum absolute atomic E-state index is 11.7. The Balaban J connectivity index is 2.46. The average molecular weight is 204 g/mol. The summed E-state index contributed by atoms with van der Waals surface area (Å²) in [6, 6.07) is 0. The van der Waals surface area contributed by atoms with E-state index in [1.165, 1.54) is 6.42 Å². The van der Waals surface area contributed by atoms with Gasteiger partial charge in [-0.2, -0.15) is 0 Å². The van der Waals surface area contributed by atoms with Gasteiger partial charge in [0.2, 0.25) is 5.91 Å². The van der Waals surface area contributed by atoms with Crippen molar-refractivity contribution in [1.82, 2.24) is 4.90 Å². The first-order valence-corrected chi connectivity index (χ1v) is 5.51. The number of likely N-dealkylation sites (tertiary alicyclic amines) is 1. The van der Waals surface area contributed by atoms with Crippen LogP contribution in [0.5, 0.6) is 0 Å². The number of piperidine rings is 1. The van der Waals surface area contributed by atoms with Crippen LogP contribution < -0.4 is 0 Å². The van der Waals surface area contributed by atoms with Crippen LogP contribution in [0, 0.1) is 5.92 Å². The Hall–Kier alpha value is -0.240. The van der Waals surface area contributed by atoms with Crippen LogP contribution in [0.25, 0.3) is 0 Å². The lowest BCUT2D eigenvalue weighted by Crippen LogP contribution is -2.42. The molecule has 2 unspecified atom stereocenters. The van der Waals surface area contributed by atoms with Crippen LogP contribution >= 0.6 is 11.6 Å². The van der Waals surface area contributed by atoms with Crippen molar-refractivity contribution in [2.75, 3.05) is 13.1 Å². The molecule has 0 N–H and O–H groups in total. The van der Waals surface area contributed by atoms with Gasteiger partial charge in [-0.3, -0.25) is 4.79 Å². The smallest absolute Gasteiger partial charge is 0.240 e. The zero-order valence-corrected chi connectivity index (χ0v) is 9.18. The number of alkyl halides is 1. The van der Waals surface area contributed by atoms with Crippen LogP contribution in [0.2, 0.25) is 0 Å². The van der Waals surface area contributed by atoms with Crippen molar-refractivity contribution >= 4 is 17.5 Å². The Morgan fingerprint density at radius 1 is 1.69 bits per heavy atom. The second-order valence-electron chi connectivity index (χ2n) is 3.91. The van der Waals surface area contributed by atoms with E-state index < -0.39 is 0 Å². The first-order valence-electron chi connectivity index (χ1n) is 5.08. The summed E-state index contributed by atoms with van der Waals surface area (Å²) >= 11 is 5.91.